The lowest BCUT2D eigenvalue weighted by Crippen LogP contribution is -2.19. The fourth-order valence-corrected chi connectivity index (χ4v) is 16.2. The van der Waals surface area contributed by atoms with E-state index < -0.39 is 0 Å². The number of hydrogen-bond acceptors (Lipinski definition) is 2. The number of benzene rings is 14. The van der Waals surface area contributed by atoms with Crippen LogP contribution in [0.2, 0.25) is 0 Å². The number of rotatable bonds is 9. The van der Waals surface area contributed by atoms with Crippen LogP contribution >= 0.6 is 15.9 Å². The Bertz CT molecular complexity index is 5260. The molecular weight excluding hydrogens is 1260 g/mol. The van der Waals surface area contributed by atoms with Gasteiger partial charge < -0.3 is 10.6 Å². The van der Waals surface area contributed by atoms with Crippen LogP contribution < -0.4 is 10.6 Å². The molecule has 2 N–H and O–H groups in total. The van der Waals surface area contributed by atoms with E-state index in [4.69, 9.17) is 5.73 Å². The second-order valence-corrected chi connectivity index (χ2v) is 29.4. The van der Waals surface area contributed by atoms with Crippen molar-refractivity contribution in [2.45, 2.75) is 78.6 Å². The van der Waals surface area contributed by atoms with Gasteiger partial charge in [0, 0.05) is 48.9 Å². The first-order valence-corrected chi connectivity index (χ1v) is 35.4. The van der Waals surface area contributed by atoms with Crippen LogP contribution in [-0.2, 0) is 16.2 Å². The summed E-state index contributed by atoms with van der Waals surface area (Å²) in [5.41, 5.74) is 45.1. The molecule has 0 radical (unpaired) electrons. The minimum absolute atomic E-state index is 0.121. The largest absolute Gasteiger partial charge is 0.398 e. The number of halogens is 1. The van der Waals surface area contributed by atoms with E-state index in [0.717, 1.165) is 26.9 Å². The SMILES string of the molecule is CC1(C)c2ccccc2-c2ccc(Br)cc21.Cc1cc(-c2ccc(-c3ccccc3)cc2)cc(-c2ccccc2)c1N.Cc1ccccc1-c1cc(-c2ccc(-c3ccccc3)cc2)cc(C)c1N(c1ccc2c(c1)C(C)(C)c1ccccc1-2)c1ccc2c(c1)C(C)(C)c1ccccc1-2. The van der Waals surface area contributed by atoms with E-state index in [0.29, 0.717) is 0 Å². The molecule has 0 amide bonds. The Morgan fingerprint density at radius 3 is 1.00 bits per heavy atom. The topological polar surface area (TPSA) is 29.3 Å². The highest BCUT2D eigenvalue weighted by molar-refractivity contribution is 9.10. The van der Waals surface area contributed by atoms with Crippen LogP contribution in [0.15, 0.2) is 320 Å². The highest BCUT2D eigenvalue weighted by atomic mass is 79.9. The molecule has 0 saturated heterocycles. The van der Waals surface area contributed by atoms with Crippen molar-refractivity contribution in [1.82, 2.24) is 0 Å². The average Bonchev–Trinajstić information content (AvgIpc) is 1.61. The Balaban J connectivity index is 0.000000154. The monoisotopic (exact) mass is 1340 g/mol. The predicted octanol–water partition coefficient (Wildman–Crippen LogP) is 26.7. The summed E-state index contributed by atoms with van der Waals surface area (Å²) in [4.78, 5) is 2.55. The van der Waals surface area contributed by atoms with Gasteiger partial charge in [-0.25, -0.2) is 0 Å². The van der Waals surface area contributed by atoms with Gasteiger partial charge in [0.15, 0.2) is 0 Å². The van der Waals surface area contributed by atoms with Gasteiger partial charge in [0.05, 0.1) is 5.69 Å². The second kappa shape index (κ2) is 25.9. The normalized spacial score (nSPS) is 13.4. The summed E-state index contributed by atoms with van der Waals surface area (Å²) in [5, 5.41) is 0. The third-order valence-electron chi connectivity index (χ3n) is 21.3. The fraction of sp³-hybridized carbons (Fsp3) is 0.125. The molecule has 0 bridgehead atoms. The molecule has 14 aromatic carbocycles. The van der Waals surface area contributed by atoms with Crippen molar-refractivity contribution in [1.29, 1.82) is 0 Å². The standard InChI is InChI=1S/C56H47N.C25H21N.C15H13Br/c1-36-16-10-11-19-44(36)49-33-41(40-26-24-39(25-27-40)38-17-8-7-9-18-38)32-37(2)54(49)57(42-28-30-47-45-20-12-14-22-50(45)55(3,4)52(47)34-42)43-29-31-48-46-21-13-15-23-51(46)56(5,6)53(48)35-43;1-18-16-23(17-24(25(18)26)22-10-6-3-7-11-22)21-14-12-20(13-15-21)19-8-4-2-5-9-19;1-15(2)13-6-4-3-5-11(13)12-8-7-10(16)9-14(12)15/h7-35H,1-6H3;2-17H,26H2,1H3;3-9H,1-2H3. The van der Waals surface area contributed by atoms with Crippen LogP contribution in [-0.4, -0.2) is 0 Å². The maximum Gasteiger partial charge on any atom is 0.0569 e. The van der Waals surface area contributed by atoms with Gasteiger partial charge in [-0.15, -0.1) is 0 Å². The van der Waals surface area contributed by atoms with Crippen molar-refractivity contribution in [2.75, 3.05) is 10.6 Å². The average molecular weight is 1340 g/mol. The van der Waals surface area contributed by atoms with Crippen LogP contribution in [0.3, 0.4) is 0 Å². The maximum atomic E-state index is 6.36. The Labute approximate surface area is 594 Å². The molecule has 0 aliphatic heterocycles. The first-order chi connectivity index (χ1) is 47.9. The third kappa shape index (κ3) is 11.7. The van der Waals surface area contributed by atoms with Crippen molar-refractivity contribution in [3.05, 3.63) is 370 Å². The van der Waals surface area contributed by atoms with Crippen molar-refractivity contribution in [2.24, 2.45) is 0 Å². The highest BCUT2D eigenvalue weighted by Crippen LogP contribution is 2.56. The Hall–Kier alpha value is -10.8. The molecule has 0 unspecified atom stereocenters. The van der Waals surface area contributed by atoms with Gasteiger partial charge in [-0.1, -0.05) is 312 Å². The molecule has 3 heteroatoms. The van der Waals surface area contributed by atoms with Crippen molar-refractivity contribution in [3.8, 4) is 100 Å². The summed E-state index contributed by atoms with van der Waals surface area (Å²) in [7, 11) is 0. The summed E-state index contributed by atoms with van der Waals surface area (Å²) in [5.74, 6) is 0. The van der Waals surface area contributed by atoms with Crippen molar-refractivity contribution in [3.63, 3.8) is 0 Å². The molecule has 17 rings (SSSR count). The molecule has 14 aromatic rings. The summed E-state index contributed by atoms with van der Waals surface area (Å²) in [6.45, 7) is 20.7. The molecule has 0 fully saturated rings. The van der Waals surface area contributed by atoms with Crippen molar-refractivity contribution < 1.29 is 0 Å². The number of nitrogen functional groups attached to an aromatic ring is 1. The number of nitrogens with two attached hydrogens (primary N) is 1. The van der Waals surface area contributed by atoms with Crippen LogP contribution in [0.4, 0.5) is 22.7 Å². The van der Waals surface area contributed by atoms with Gasteiger partial charge in [-0.2, -0.15) is 0 Å². The molecule has 3 aliphatic rings. The van der Waals surface area contributed by atoms with E-state index >= 15 is 0 Å². The lowest BCUT2D eigenvalue weighted by molar-refractivity contribution is 0.660. The van der Waals surface area contributed by atoms with E-state index in [1.54, 1.807) is 0 Å². The molecule has 0 atom stereocenters. The van der Waals surface area contributed by atoms with Crippen LogP contribution in [0.25, 0.3) is 100 Å². The van der Waals surface area contributed by atoms with Gasteiger partial charge >= 0.3 is 0 Å². The molecule has 0 saturated carbocycles. The second-order valence-electron chi connectivity index (χ2n) is 28.5. The van der Waals surface area contributed by atoms with Gasteiger partial charge in [-0.05, 0) is 221 Å². The van der Waals surface area contributed by atoms with E-state index in [-0.39, 0.29) is 16.2 Å². The Kier molecular flexibility index (Phi) is 16.8. The van der Waals surface area contributed by atoms with Gasteiger partial charge in [-0.3, -0.25) is 0 Å². The molecule has 3 aliphatic carbocycles. The molecule has 2 nitrogen and oxygen atoms in total. The highest BCUT2D eigenvalue weighted by Gasteiger charge is 2.39. The summed E-state index contributed by atoms with van der Waals surface area (Å²) < 4.78 is 1.16. The summed E-state index contributed by atoms with van der Waals surface area (Å²) >= 11 is 3.56. The zero-order valence-electron chi connectivity index (χ0n) is 57.9. The summed E-state index contributed by atoms with van der Waals surface area (Å²) in [6, 6.07) is 115. The minimum Gasteiger partial charge on any atom is -0.398 e. The number of anilines is 4. The lowest BCUT2D eigenvalue weighted by atomic mass is 9.82. The van der Waals surface area contributed by atoms with Gasteiger partial charge in [0.2, 0.25) is 0 Å². The first kappa shape index (κ1) is 64.2. The van der Waals surface area contributed by atoms with E-state index in [9.17, 15) is 0 Å². The summed E-state index contributed by atoms with van der Waals surface area (Å²) in [6.07, 6.45) is 0. The quantitative estimate of drug-likeness (QED) is 0.146. The predicted molar refractivity (Wildman–Crippen MR) is 426 cm³/mol. The number of hydrogen-bond donors (Lipinski definition) is 1. The Morgan fingerprint density at radius 1 is 0.242 bits per heavy atom. The van der Waals surface area contributed by atoms with Crippen molar-refractivity contribution >= 4 is 38.7 Å². The molecule has 0 aromatic heterocycles. The zero-order valence-corrected chi connectivity index (χ0v) is 59.5. The third-order valence-corrected chi connectivity index (χ3v) is 21.8. The molecule has 0 spiro atoms. The van der Waals surface area contributed by atoms with Crippen LogP contribution in [0.5, 0.6) is 0 Å². The smallest absolute Gasteiger partial charge is 0.0569 e. The van der Waals surface area contributed by atoms with E-state index in [1.807, 2.05) is 24.3 Å². The van der Waals surface area contributed by atoms with Gasteiger partial charge in [0.1, 0.15) is 0 Å². The fourth-order valence-electron chi connectivity index (χ4n) is 15.9. The molecule has 99 heavy (non-hydrogen) atoms. The van der Waals surface area contributed by atoms with E-state index in [1.165, 1.54) is 151 Å². The maximum absolute atomic E-state index is 6.36. The molecule has 482 valence electrons. The molecular formula is C96H81BrN2. The van der Waals surface area contributed by atoms with Crippen LogP contribution in [0, 0.1) is 20.8 Å². The Morgan fingerprint density at radius 2 is 0.566 bits per heavy atom. The van der Waals surface area contributed by atoms with Crippen LogP contribution in [0.1, 0.15) is 91.6 Å². The van der Waals surface area contributed by atoms with Gasteiger partial charge in [0.25, 0.3) is 0 Å². The number of fused-ring (bicyclic) bond motifs is 9. The number of nitrogens with zero attached hydrogens (tertiary/aromatic N) is 1. The minimum atomic E-state index is -0.126. The number of aryl methyl sites for hydroxylation is 3. The first-order valence-electron chi connectivity index (χ1n) is 34.6. The zero-order chi connectivity index (χ0) is 68.3. The lowest BCUT2D eigenvalue weighted by Gasteiger charge is -2.33. The van der Waals surface area contributed by atoms with E-state index in [2.05, 4.69) is 374 Å². The molecule has 0 heterocycles.